The van der Waals surface area contributed by atoms with Crippen LogP contribution < -0.4 is 11.1 Å². The van der Waals surface area contributed by atoms with Gasteiger partial charge in [-0.1, -0.05) is 42.5 Å². The summed E-state index contributed by atoms with van der Waals surface area (Å²) in [7, 11) is 0. The van der Waals surface area contributed by atoms with E-state index < -0.39 is 0 Å². The highest BCUT2D eigenvalue weighted by molar-refractivity contribution is 5.94. The van der Waals surface area contributed by atoms with Gasteiger partial charge in [-0.3, -0.25) is 4.79 Å². The van der Waals surface area contributed by atoms with Crippen LogP contribution in [0.2, 0.25) is 0 Å². The summed E-state index contributed by atoms with van der Waals surface area (Å²) in [5, 5.41) is 3.12. The van der Waals surface area contributed by atoms with Crippen LogP contribution in [-0.2, 0) is 6.42 Å². The molecule has 0 radical (unpaired) electrons. The summed E-state index contributed by atoms with van der Waals surface area (Å²) in [4.78, 5) is 12.3. The smallest absolute Gasteiger partial charge is 0.251 e. The second-order valence-corrected chi connectivity index (χ2v) is 5.57. The van der Waals surface area contributed by atoms with Crippen molar-refractivity contribution in [2.75, 3.05) is 6.54 Å². The van der Waals surface area contributed by atoms with Gasteiger partial charge in [0.1, 0.15) is 0 Å². The van der Waals surface area contributed by atoms with Crippen molar-refractivity contribution in [3.05, 3.63) is 71.3 Å². The van der Waals surface area contributed by atoms with Gasteiger partial charge in [-0.05, 0) is 42.6 Å². The molecule has 1 amide bonds. The predicted molar refractivity (Wildman–Crippen MR) is 84.3 cm³/mol. The zero-order valence-corrected chi connectivity index (χ0v) is 12.0. The lowest BCUT2D eigenvalue weighted by molar-refractivity contribution is 0.0950. The molecule has 3 rings (SSSR count). The number of benzene rings is 2. The van der Waals surface area contributed by atoms with Crippen LogP contribution in [0.5, 0.6) is 0 Å². The van der Waals surface area contributed by atoms with Crippen molar-refractivity contribution in [2.45, 2.75) is 24.8 Å². The van der Waals surface area contributed by atoms with Crippen molar-refractivity contribution in [1.29, 1.82) is 0 Å². The maximum absolute atomic E-state index is 12.3. The Hall–Kier alpha value is -2.13. The molecule has 1 fully saturated rings. The average Bonchev–Trinajstić information content (AvgIpc) is 3.28. The number of hydrogen-bond acceptors (Lipinski definition) is 2. The maximum atomic E-state index is 12.3. The lowest BCUT2D eigenvalue weighted by Gasteiger charge is -2.07. The van der Waals surface area contributed by atoms with E-state index in [1.807, 2.05) is 42.5 Å². The molecule has 0 aromatic heterocycles. The lowest BCUT2D eigenvalue weighted by atomic mass is 10.1. The number of hydrogen-bond donors (Lipinski definition) is 2. The highest BCUT2D eigenvalue weighted by Crippen LogP contribution is 2.40. The summed E-state index contributed by atoms with van der Waals surface area (Å²) in [5.41, 5.74) is 8.70. The van der Waals surface area contributed by atoms with Crippen LogP contribution in [0.3, 0.4) is 0 Å². The number of nitrogens with one attached hydrogen (secondary N) is 1. The van der Waals surface area contributed by atoms with Gasteiger partial charge in [0.25, 0.3) is 5.91 Å². The van der Waals surface area contributed by atoms with Gasteiger partial charge in [0.15, 0.2) is 0 Å². The molecular weight excluding hydrogens is 260 g/mol. The van der Waals surface area contributed by atoms with Gasteiger partial charge in [-0.15, -0.1) is 0 Å². The van der Waals surface area contributed by atoms with Crippen LogP contribution in [-0.4, -0.2) is 18.5 Å². The van der Waals surface area contributed by atoms with Gasteiger partial charge in [0, 0.05) is 17.5 Å². The first-order valence-corrected chi connectivity index (χ1v) is 7.43. The Bertz CT molecular complexity index is 624. The third kappa shape index (κ3) is 3.31. The number of amides is 1. The van der Waals surface area contributed by atoms with Crippen molar-refractivity contribution < 1.29 is 4.79 Å². The monoisotopic (exact) mass is 280 g/mol. The third-order valence-corrected chi connectivity index (χ3v) is 3.96. The van der Waals surface area contributed by atoms with E-state index in [4.69, 9.17) is 5.73 Å². The molecule has 2 unspecified atom stereocenters. The van der Waals surface area contributed by atoms with E-state index in [-0.39, 0.29) is 11.9 Å². The van der Waals surface area contributed by atoms with Crippen molar-refractivity contribution >= 4 is 5.91 Å². The van der Waals surface area contributed by atoms with E-state index >= 15 is 0 Å². The second kappa shape index (κ2) is 6.10. The minimum atomic E-state index is 0.0114. The average molecular weight is 280 g/mol. The van der Waals surface area contributed by atoms with Gasteiger partial charge in [0.2, 0.25) is 0 Å². The Morgan fingerprint density at radius 1 is 1.14 bits per heavy atom. The minimum Gasteiger partial charge on any atom is -0.349 e. The molecule has 1 saturated carbocycles. The van der Waals surface area contributed by atoms with E-state index in [0.717, 1.165) is 24.0 Å². The molecule has 2 aromatic rings. The van der Waals surface area contributed by atoms with Gasteiger partial charge in [-0.25, -0.2) is 0 Å². The Morgan fingerprint density at radius 3 is 2.71 bits per heavy atom. The molecule has 3 heteroatoms. The molecule has 2 aromatic carbocycles. The normalized spacial score (nSPS) is 20.0. The Balaban J connectivity index is 1.62. The number of carbonyl (C=O) groups excluding carboxylic acids is 1. The molecule has 1 aliphatic carbocycles. The molecule has 3 nitrogen and oxygen atoms in total. The quantitative estimate of drug-likeness (QED) is 0.884. The minimum absolute atomic E-state index is 0.0114. The molecule has 0 aliphatic heterocycles. The van der Waals surface area contributed by atoms with Crippen molar-refractivity contribution in [1.82, 2.24) is 5.32 Å². The van der Waals surface area contributed by atoms with E-state index in [9.17, 15) is 4.79 Å². The molecule has 3 N–H and O–H groups in total. The largest absolute Gasteiger partial charge is 0.349 e. The van der Waals surface area contributed by atoms with Gasteiger partial charge < -0.3 is 11.1 Å². The van der Waals surface area contributed by atoms with Crippen LogP contribution in [0, 0.1) is 0 Å². The fraction of sp³-hybridized carbons (Fsp3) is 0.278. The van der Waals surface area contributed by atoms with Crippen LogP contribution in [0.15, 0.2) is 54.6 Å². The second-order valence-electron chi connectivity index (χ2n) is 5.57. The van der Waals surface area contributed by atoms with E-state index in [0.29, 0.717) is 12.5 Å². The SMILES string of the molecule is NCCc1cccc(C(=O)NC2CC2c2ccccc2)c1. The summed E-state index contributed by atoms with van der Waals surface area (Å²) < 4.78 is 0. The summed E-state index contributed by atoms with van der Waals surface area (Å²) in [5.74, 6) is 0.472. The van der Waals surface area contributed by atoms with Crippen molar-refractivity contribution in [3.63, 3.8) is 0 Å². The first kappa shape index (κ1) is 13.8. The number of nitrogens with two attached hydrogens (primary N) is 1. The van der Waals surface area contributed by atoms with Crippen LogP contribution in [0.25, 0.3) is 0 Å². The maximum Gasteiger partial charge on any atom is 0.251 e. The number of rotatable bonds is 5. The molecule has 108 valence electrons. The van der Waals surface area contributed by atoms with E-state index in [2.05, 4.69) is 17.4 Å². The topological polar surface area (TPSA) is 55.1 Å². The van der Waals surface area contributed by atoms with Crippen LogP contribution in [0.1, 0.15) is 33.8 Å². The molecule has 0 bridgehead atoms. The van der Waals surface area contributed by atoms with Gasteiger partial charge in [0.05, 0.1) is 0 Å². The van der Waals surface area contributed by atoms with Crippen molar-refractivity contribution in [2.24, 2.45) is 5.73 Å². The first-order chi connectivity index (χ1) is 10.3. The fourth-order valence-electron chi connectivity index (χ4n) is 2.71. The van der Waals surface area contributed by atoms with Crippen molar-refractivity contribution in [3.8, 4) is 0 Å². The zero-order valence-electron chi connectivity index (χ0n) is 12.0. The standard InChI is InChI=1S/C18H20N2O/c19-10-9-13-5-4-8-15(11-13)18(21)20-17-12-16(17)14-6-2-1-3-7-14/h1-8,11,16-17H,9-10,12,19H2,(H,20,21). The summed E-state index contributed by atoms with van der Waals surface area (Å²) >= 11 is 0. The Morgan fingerprint density at radius 2 is 1.95 bits per heavy atom. The summed E-state index contributed by atoms with van der Waals surface area (Å²) in [6.07, 6.45) is 1.83. The lowest BCUT2D eigenvalue weighted by Crippen LogP contribution is -2.26. The highest BCUT2D eigenvalue weighted by atomic mass is 16.1. The summed E-state index contributed by atoms with van der Waals surface area (Å²) in [6, 6.07) is 18.3. The molecule has 21 heavy (non-hydrogen) atoms. The van der Waals surface area contributed by atoms with Gasteiger partial charge in [-0.2, -0.15) is 0 Å². The molecular formula is C18H20N2O. The van der Waals surface area contributed by atoms with E-state index in [1.54, 1.807) is 0 Å². The molecule has 1 aliphatic rings. The zero-order chi connectivity index (χ0) is 14.7. The Kier molecular flexibility index (Phi) is 4.02. The third-order valence-electron chi connectivity index (χ3n) is 3.96. The van der Waals surface area contributed by atoms with E-state index in [1.165, 1.54) is 5.56 Å². The predicted octanol–water partition coefficient (Wildman–Crippen LogP) is 2.47. The van der Waals surface area contributed by atoms with Crippen LogP contribution >= 0.6 is 0 Å². The van der Waals surface area contributed by atoms with Gasteiger partial charge >= 0.3 is 0 Å². The number of carbonyl (C=O) groups is 1. The van der Waals surface area contributed by atoms with Crippen LogP contribution in [0.4, 0.5) is 0 Å². The first-order valence-electron chi connectivity index (χ1n) is 7.43. The summed E-state index contributed by atoms with van der Waals surface area (Å²) in [6.45, 7) is 0.601. The molecule has 0 saturated heterocycles. The molecule has 0 spiro atoms. The molecule has 0 heterocycles. The fourth-order valence-corrected chi connectivity index (χ4v) is 2.71. The Labute approximate surface area is 125 Å². The molecule has 2 atom stereocenters. The highest BCUT2D eigenvalue weighted by Gasteiger charge is 2.39.